The Morgan fingerprint density at radius 2 is 2.11 bits per heavy atom. The lowest BCUT2D eigenvalue weighted by atomic mass is 9.85. The fourth-order valence-corrected chi connectivity index (χ4v) is 3.30. The molecule has 2 unspecified atom stereocenters. The van der Waals surface area contributed by atoms with Gasteiger partial charge in [-0.05, 0) is 64.6 Å². The molecule has 3 nitrogen and oxygen atoms in total. The number of nitrogens with zero attached hydrogens (tertiary/aromatic N) is 2. The SMILES string of the molecule is CCCN(C)CCC1CCCC1(C#N)NC1CC1. The van der Waals surface area contributed by atoms with Crippen molar-refractivity contribution in [2.24, 2.45) is 5.92 Å². The number of hydrogen-bond acceptors (Lipinski definition) is 3. The van der Waals surface area contributed by atoms with Gasteiger partial charge in [0.2, 0.25) is 0 Å². The van der Waals surface area contributed by atoms with Crippen LogP contribution in [0.15, 0.2) is 0 Å². The molecule has 18 heavy (non-hydrogen) atoms. The molecule has 2 aliphatic rings. The van der Waals surface area contributed by atoms with Gasteiger partial charge >= 0.3 is 0 Å². The van der Waals surface area contributed by atoms with Gasteiger partial charge in [0.05, 0.1) is 6.07 Å². The molecule has 0 spiro atoms. The predicted molar refractivity (Wildman–Crippen MR) is 74.2 cm³/mol. The van der Waals surface area contributed by atoms with Crippen molar-refractivity contribution in [3.63, 3.8) is 0 Å². The summed E-state index contributed by atoms with van der Waals surface area (Å²) in [5, 5.41) is 13.2. The van der Waals surface area contributed by atoms with Gasteiger partial charge in [-0.15, -0.1) is 0 Å². The second kappa shape index (κ2) is 6.04. The van der Waals surface area contributed by atoms with Crippen LogP contribution in [0, 0.1) is 17.2 Å². The smallest absolute Gasteiger partial charge is 0.109 e. The van der Waals surface area contributed by atoms with Gasteiger partial charge in [0.1, 0.15) is 5.54 Å². The number of hydrogen-bond donors (Lipinski definition) is 1. The molecule has 0 aliphatic heterocycles. The maximum atomic E-state index is 9.61. The Bertz CT molecular complexity index is 305. The molecule has 0 radical (unpaired) electrons. The van der Waals surface area contributed by atoms with E-state index >= 15 is 0 Å². The zero-order chi connectivity index (χ0) is 13.0. The summed E-state index contributed by atoms with van der Waals surface area (Å²) < 4.78 is 0. The Hall–Kier alpha value is -0.590. The van der Waals surface area contributed by atoms with E-state index in [2.05, 4.69) is 30.3 Å². The van der Waals surface area contributed by atoms with Crippen molar-refractivity contribution in [1.82, 2.24) is 10.2 Å². The minimum atomic E-state index is -0.200. The fraction of sp³-hybridized carbons (Fsp3) is 0.933. The number of nitriles is 1. The maximum absolute atomic E-state index is 9.61. The van der Waals surface area contributed by atoms with Gasteiger partial charge < -0.3 is 4.90 Å². The summed E-state index contributed by atoms with van der Waals surface area (Å²) >= 11 is 0. The second-order valence-corrected chi connectivity index (χ2v) is 6.18. The van der Waals surface area contributed by atoms with Crippen molar-refractivity contribution in [2.75, 3.05) is 20.1 Å². The van der Waals surface area contributed by atoms with Crippen molar-refractivity contribution >= 4 is 0 Å². The fourth-order valence-electron chi connectivity index (χ4n) is 3.30. The molecule has 3 heteroatoms. The summed E-state index contributed by atoms with van der Waals surface area (Å²) in [6.07, 6.45) is 8.43. The van der Waals surface area contributed by atoms with E-state index in [0.29, 0.717) is 12.0 Å². The van der Waals surface area contributed by atoms with Crippen LogP contribution in [-0.2, 0) is 0 Å². The predicted octanol–water partition coefficient (Wildman–Crippen LogP) is 2.53. The molecule has 2 rings (SSSR count). The van der Waals surface area contributed by atoms with E-state index < -0.39 is 0 Å². The molecule has 1 N–H and O–H groups in total. The molecule has 2 saturated carbocycles. The first-order chi connectivity index (χ1) is 8.70. The van der Waals surface area contributed by atoms with E-state index in [1.54, 1.807) is 0 Å². The monoisotopic (exact) mass is 249 g/mol. The average molecular weight is 249 g/mol. The third kappa shape index (κ3) is 3.24. The zero-order valence-corrected chi connectivity index (χ0v) is 11.9. The molecular formula is C15H27N3. The average Bonchev–Trinajstić information content (AvgIpc) is 3.07. The van der Waals surface area contributed by atoms with E-state index in [0.717, 1.165) is 13.0 Å². The molecule has 0 bridgehead atoms. The van der Waals surface area contributed by atoms with Crippen molar-refractivity contribution in [2.45, 2.75) is 63.5 Å². The lowest BCUT2D eigenvalue weighted by Gasteiger charge is -2.31. The third-order valence-electron chi connectivity index (χ3n) is 4.52. The summed E-state index contributed by atoms with van der Waals surface area (Å²) in [5.74, 6) is 0.558. The second-order valence-electron chi connectivity index (χ2n) is 6.18. The Morgan fingerprint density at radius 3 is 2.72 bits per heavy atom. The molecule has 2 aliphatic carbocycles. The summed E-state index contributed by atoms with van der Waals surface area (Å²) in [4.78, 5) is 2.40. The minimum absolute atomic E-state index is 0.200. The third-order valence-corrected chi connectivity index (χ3v) is 4.52. The molecule has 2 fully saturated rings. The van der Waals surface area contributed by atoms with Crippen LogP contribution in [-0.4, -0.2) is 36.6 Å². The van der Waals surface area contributed by atoms with Gasteiger partial charge in [-0.1, -0.05) is 13.3 Å². The highest BCUT2D eigenvalue weighted by Crippen LogP contribution is 2.40. The standard InChI is InChI=1S/C15H27N3/c1-3-10-18(2)11-8-13-5-4-9-15(13,12-16)17-14-6-7-14/h13-14,17H,3-11H2,1-2H3. The molecule has 0 aromatic heterocycles. The van der Waals surface area contributed by atoms with Crippen LogP contribution in [0.3, 0.4) is 0 Å². The lowest BCUT2D eigenvalue weighted by molar-refractivity contribution is 0.248. The largest absolute Gasteiger partial charge is 0.306 e. The molecular weight excluding hydrogens is 222 g/mol. The van der Waals surface area contributed by atoms with Crippen LogP contribution in [0.4, 0.5) is 0 Å². The summed E-state index contributed by atoms with van der Waals surface area (Å²) in [6, 6.07) is 3.26. The van der Waals surface area contributed by atoms with E-state index in [9.17, 15) is 5.26 Å². The van der Waals surface area contributed by atoms with Gasteiger partial charge in [-0.2, -0.15) is 5.26 Å². The molecule has 0 aromatic carbocycles. The zero-order valence-electron chi connectivity index (χ0n) is 11.9. The summed E-state index contributed by atoms with van der Waals surface area (Å²) in [7, 11) is 2.20. The van der Waals surface area contributed by atoms with Gasteiger partial charge in [-0.3, -0.25) is 5.32 Å². The van der Waals surface area contributed by atoms with Crippen molar-refractivity contribution < 1.29 is 0 Å². The first-order valence-corrected chi connectivity index (χ1v) is 7.57. The van der Waals surface area contributed by atoms with E-state index in [4.69, 9.17) is 0 Å². The Balaban J connectivity index is 1.87. The normalized spacial score (nSPS) is 31.8. The number of nitrogens with one attached hydrogen (secondary N) is 1. The molecule has 0 amide bonds. The van der Waals surface area contributed by atoms with Crippen LogP contribution < -0.4 is 5.32 Å². The highest BCUT2D eigenvalue weighted by molar-refractivity contribution is 5.16. The highest BCUT2D eigenvalue weighted by atomic mass is 15.1. The molecule has 0 aromatic rings. The minimum Gasteiger partial charge on any atom is -0.306 e. The highest BCUT2D eigenvalue weighted by Gasteiger charge is 2.45. The van der Waals surface area contributed by atoms with Crippen molar-refractivity contribution in [1.29, 1.82) is 5.26 Å². The lowest BCUT2D eigenvalue weighted by Crippen LogP contribution is -2.48. The van der Waals surface area contributed by atoms with Crippen LogP contribution in [0.1, 0.15) is 51.9 Å². The topological polar surface area (TPSA) is 39.1 Å². The van der Waals surface area contributed by atoms with Gasteiger partial charge in [0, 0.05) is 6.04 Å². The van der Waals surface area contributed by atoms with Gasteiger partial charge in [0.15, 0.2) is 0 Å². The van der Waals surface area contributed by atoms with Crippen molar-refractivity contribution in [3.05, 3.63) is 0 Å². The maximum Gasteiger partial charge on any atom is 0.109 e. The quantitative estimate of drug-likeness (QED) is 0.753. The number of rotatable bonds is 7. The molecule has 0 heterocycles. The van der Waals surface area contributed by atoms with E-state index in [-0.39, 0.29) is 5.54 Å². The Morgan fingerprint density at radius 1 is 1.33 bits per heavy atom. The van der Waals surface area contributed by atoms with Crippen LogP contribution in [0.2, 0.25) is 0 Å². The van der Waals surface area contributed by atoms with Crippen LogP contribution in [0.5, 0.6) is 0 Å². The summed E-state index contributed by atoms with van der Waals surface area (Å²) in [5.41, 5.74) is -0.200. The molecule has 0 saturated heterocycles. The van der Waals surface area contributed by atoms with Gasteiger partial charge in [0.25, 0.3) is 0 Å². The first-order valence-electron chi connectivity index (χ1n) is 7.57. The Labute approximate surface area is 112 Å². The van der Waals surface area contributed by atoms with E-state index in [1.165, 1.54) is 45.1 Å². The Kier molecular flexibility index (Phi) is 4.64. The first kappa shape index (κ1) is 13.8. The van der Waals surface area contributed by atoms with Crippen molar-refractivity contribution in [3.8, 4) is 6.07 Å². The van der Waals surface area contributed by atoms with Crippen LogP contribution in [0.25, 0.3) is 0 Å². The molecule has 2 atom stereocenters. The van der Waals surface area contributed by atoms with Gasteiger partial charge in [-0.25, -0.2) is 0 Å². The molecule has 102 valence electrons. The van der Waals surface area contributed by atoms with Crippen LogP contribution >= 0.6 is 0 Å². The summed E-state index contributed by atoms with van der Waals surface area (Å²) in [6.45, 7) is 4.52. The van der Waals surface area contributed by atoms with E-state index in [1.807, 2.05) is 0 Å².